The van der Waals surface area contributed by atoms with Crippen molar-refractivity contribution in [2.75, 3.05) is 5.73 Å². The molecule has 3 N–H and O–H groups in total. The number of hydrogen-bond donors (Lipinski definition) is 2. The van der Waals surface area contributed by atoms with Gasteiger partial charge in [0, 0.05) is 31.2 Å². The average molecular weight is 204 g/mol. The molecule has 5 nitrogen and oxygen atoms in total. The molecule has 2 heterocycles. The summed E-state index contributed by atoms with van der Waals surface area (Å²) in [6, 6.07) is 3.47. The van der Waals surface area contributed by atoms with Gasteiger partial charge >= 0.3 is 0 Å². The van der Waals surface area contributed by atoms with Crippen LogP contribution in [0.15, 0.2) is 30.7 Å². The Morgan fingerprint density at radius 2 is 2.20 bits per heavy atom. The van der Waals surface area contributed by atoms with Crippen LogP contribution < -0.4 is 5.73 Å². The molecule has 0 radical (unpaired) electrons. The zero-order valence-electron chi connectivity index (χ0n) is 8.33. The largest absolute Gasteiger partial charge is 0.383 e. The minimum Gasteiger partial charge on any atom is -0.383 e. The van der Waals surface area contributed by atoms with Crippen LogP contribution in [0.1, 0.15) is 17.5 Å². The fourth-order valence-corrected chi connectivity index (χ4v) is 1.44. The third-order valence-electron chi connectivity index (χ3n) is 2.27. The van der Waals surface area contributed by atoms with E-state index in [2.05, 4.69) is 9.97 Å². The molecule has 0 saturated carbocycles. The van der Waals surface area contributed by atoms with Gasteiger partial charge in [0.1, 0.15) is 17.7 Å². The summed E-state index contributed by atoms with van der Waals surface area (Å²) in [7, 11) is 1.82. The van der Waals surface area contributed by atoms with E-state index in [1.807, 2.05) is 7.05 Å². The van der Waals surface area contributed by atoms with E-state index in [4.69, 9.17) is 5.73 Å². The predicted molar refractivity (Wildman–Crippen MR) is 55.9 cm³/mol. The summed E-state index contributed by atoms with van der Waals surface area (Å²) < 4.78 is 1.75. The lowest BCUT2D eigenvalue weighted by molar-refractivity contribution is 0.206. The monoisotopic (exact) mass is 204 g/mol. The molecule has 0 saturated heterocycles. The first-order valence-electron chi connectivity index (χ1n) is 4.56. The number of pyridine rings is 1. The minimum atomic E-state index is -0.835. The first-order chi connectivity index (χ1) is 7.20. The molecule has 0 fully saturated rings. The van der Waals surface area contributed by atoms with E-state index in [9.17, 15) is 5.11 Å². The quantitative estimate of drug-likeness (QED) is 0.745. The maximum absolute atomic E-state index is 10.0. The minimum absolute atomic E-state index is 0.327. The van der Waals surface area contributed by atoms with Gasteiger partial charge in [-0.2, -0.15) is 0 Å². The Morgan fingerprint density at radius 1 is 1.40 bits per heavy atom. The van der Waals surface area contributed by atoms with Crippen molar-refractivity contribution in [2.45, 2.75) is 6.10 Å². The molecule has 1 atom stereocenters. The van der Waals surface area contributed by atoms with Crippen LogP contribution in [-0.2, 0) is 7.05 Å². The molecule has 2 aromatic heterocycles. The van der Waals surface area contributed by atoms with Crippen molar-refractivity contribution in [1.82, 2.24) is 14.5 Å². The molecule has 0 aromatic carbocycles. The van der Waals surface area contributed by atoms with Crippen LogP contribution in [-0.4, -0.2) is 19.6 Å². The number of aromatic nitrogens is 3. The van der Waals surface area contributed by atoms with Crippen LogP contribution in [0, 0.1) is 0 Å². The summed E-state index contributed by atoms with van der Waals surface area (Å²) in [6.45, 7) is 0. The Bertz CT molecular complexity index is 466. The molecule has 0 amide bonds. The van der Waals surface area contributed by atoms with Crippen molar-refractivity contribution in [3.05, 3.63) is 42.1 Å². The van der Waals surface area contributed by atoms with Crippen LogP contribution in [0.4, 0.5) is 5.82 Å². The highest BCUT2D eigenvalue weighted by atomic mass is 16.3. The Hall–Kier alpha value is -1.88. The molecular weight excluding hydrogens is 192 g/mol. The third-order valence-corrected chi connectivity index (χ3v) is 2.27. The van der Waals surface area contributed by atoms with Gasteiger partial charge in [-0.15, -0.1) is 0 Å². The van der Waals surface area contributed by atoms with Crippen LogP contribution in [0.3, 0.4) is 0 Å². The molecule has 78 valence electrons. The number of nitrogens with two attached hydrogens (primary N) is 1. The second-order valence-corrected chi connectivity index (χ2v) is 3.28. The molecule has 0 aliphatic heterocycles. The molecule has 1 unspecified atom stereocenters. The Labute approximate surface area is 87.2 Å². The topological polar surface area (TPSA) is 77.0 Å². The van der Waals surface area contributed by atoms with Crippen molar-refractivity contribution in [3.63, 3.8) is 0 Å². The molecule has 0 aliphatic carbocycles. The number of aliphatic hydroxyl groups is 1. The Kier molecular flexibility index (Phi) is 2.39. The number of rotatable bonds is 2. The van der Waals surface area contributed by atoms with Gasteiger partial charge in [0.05, 0.1) is 0 Å². The highest BCUT2D eigenvalue weighted by Crippen LogP contribution is 2.23. The standard InChI is InChI=1S/C10H12N4O/c1-14-6-5-13-10(14)8(15)7-3-2-4-12-9(7)11/h2-6,8,15H,1H3,(H2,11,12). The van der Waals surface area contributed by atoms with Crippen molar-refractivity contribution >= 4 is 5.82 Å². The number of nitrogen functional groups attached to an aromatic ring is 1. The molecule has 0 aliphatic rings. The predicted octanol–water partition coefficient (Wildman–Crippen LogP) is 0.479. The second-order valence-electron chi connectivity index (χ2n) is 3.28. The lowest BCUT2D eigenvalue weighted by Crippen LogP contribution is -2.09. The average Bonchev–Trinajstić information content (AvgIpc) is 2.64. The normalized spacial score (nSPS) is 12.7. The van der Waals surface area contributed by atoms with E-state index < -0.39 is 6.10 Å². The number of hydrogen-bond acceptors (Lipinski definition) is 4. The first kappa shape index (κ1) is 9.67. The number of imidazole rings is 1. The van der Waals surface area contributed by atoms with E-state index >= 15 is 0 Å². The van der Waals surface area contributed by atoms with Crippen molar-refractivity contribution in [3.8, 4) is 0 Å². The van der Waals surface area contributed by atoms with Gasteiger partial charge in [0.15, 0.2) is 0 Å². The summed E-state index contributed by atoms with van der Waals surface area (Å²) in [5.74, 6) is 0.878. The maximum Gasteiger partial charge on any atom is 0.142 e. The third kappa shape index (κ3) is 1.69. The van der Waals surface area contributed by atoms with Gasteiger partial charge < -0.3 is 15.4 Å². The second kappa shape index (κ2) is 3.70. The summed E-state index contributed by atoms with van der Waals surface area (Å²) >= 11 is 0. The van der Waals surface area contributed by atoms with Gasteiger partial charge in [0.2, 0.25) is 0 Å². The number of anilines is 1. The Morgan fingerprint density at radius 3 is 2.80 bits per heavy atom. The zero-order chi connectivity index (χ0) is 10.8. The fraction of sp³-hybridized carbons (Fsp3) is 0.200. The van der Waals surface area contributed by atoms with Crippen molar-refractivity contribution in [2.24, 2.45) is 7.05 Å². The molecule has 0 spiro atoms. The van der Waals surface area contributed by atoms with Gasteiger partial charge in [0.25, 0.3) is 0 Å². The highest BCUT2D eigenvalue weighted by Gasteiger charge is 2.17. The molecular formula is C10H12N4O. The van der Waals surface area contributed by atoms with Crippen LogP contribution in [0.5, 0.6) is 0 Å². The van der Waals surface area contributed by atoms with Gasteiger partial charge in [-0.25, -0.2) is 9.97 Å². The SMILES string of the molecule is Cn1ccnc1C(O)c1cccnc1N. The lowest BCUT2D eigenvalue weighted by atomic mass is 10.1. The van der Waals surface area contributed by atoms with Crippen LogP contribution in [0.25, 0.3) is 0 Å². The summed E-state index contributed by atoms with van der Waals surface area (Å²) in [6.07, 6.45) is 4.15. The zero-order valence-corrected chi connectivity index (χ0v) is 8.33. The van der Waals surface area contributed by atoms with Gasteiger partial charge in [-0.3, -0.25) is 0 Å². The summed E-state index contributed by atoms with van der Waals surface area (Å²) in [4.78, 5) is 7.98. The maximum atomic E-state index is 10.0. The number of aryl methyl sites for hydroxylation is 1. The number of nitrogens with zero attached hydrogens (tertiary/aromatic N) is 3. The molecule has 2 aromatic rings. The van der Waals surface area contributed by atoms with Crippen LogP contribution >= 0.6 is 0 Å². The van der Waals surface area contributed by atoms with E-state index in [-0.39, 0.29) is 0 Å². The molecule has 2 rings (SSSR count). The van der Waals surface area contributed by atoms with Gasteiger partial charge in [-0.05, 0) is 6.07 Å². The van der Waals surface area contributed by atoms with Crippen molar-refractivity contribution < 1.29 is 5.11 Å². The van der Waals surface area contributed by atoms with E-state index in [0.29, 0.717) is 17.2 Å². The smallest absolute Gasteiger partial charge is 0.142 e. The Balaban J connectivity index is 2.41. The molecule has 5 heteroatoms. The fourth-order valence-electron chi connectivity index (χ4n) is 1.44. The van der Waals surface area contributed by atoms with E-state index in [0.717, 1.165) is 0 Å². The van der Waals surface area contributed by atoms with Crippen molar-refractivity contribution in [1.29, 1.82) is 0 Å². The summed E-state index contributed by atoms with van der Waals surface area (Å²) in [5, 5.41) is 10.0. The number of aliphatic hydroxyl groups excluding tert-OH is 1. The summed E-state index contributed by atoms with van der Waals surface area (Å²) in [5.41, 5.74) is 6.25. The van der Waals surface area contributed by atoms with Crippen LogP contribution in [0.2, 0.25) is 0 Å². The van der Waals surface area contributed by atoms with E-state index in [1.54, 1.807) is 35.3 Å². The lowest BCUT2D eigenvalue weighted by Gasteiger charge is -2.12. The highest BCUT2D eigenvalue weighted by molar-refractivity contribution is 5.42. The molecule has 0 bridgehead atoms. The first-order valence-corrected chi connectivity index (χ1v) is 4.56. The van der Waals surface area contributed by atoms with E-state index in [1.165, 1.54) is 0 Å². The van der Waals surface area contributed by atoms with Gasteiger partial charge in [-0.1, -0.05) is 6.07 Å². The molecule has 15 heavy (non-hydrogen) atoms.